The van der Waals surface area contributed by atoms with E-state index in [0.29, 0.717) is 11.4 Å². The Hall–Kier alpha value is -2.82. The summed E-state index contributed by atoms with van der Waals surface area (Å²) in [4.78, 5) is 24.1. The van der Waals surface area contributed by atoms with E-state index in [0.717, 1.165) is 16.8 Å². The number of aryl methyl sites for hydroxylation is 1. The van der Waals surface area contributed by atoms with E-state index in [4.69, 9.17) is 4.74 Å². The van der Waals surface area contributed by atoms with Gasteiger partial charge in [0.1, 0.15) is 5.75 Å². The number of fused-ring (bicyclic) bond motifs is 1. The van der Waals surface area contributed by atoms with Crippen molar-refractivity contribution in [3.8, 4) is 5.75 Å². The van der Waals surface area contributed by atoms with Crippen LogP contribution in [0.25, 0.3) is 0 Å². The topological polar surface area (TPSA) is 67.4 Å². The van der Waals surface area contributed by atoms with E-state index in [9.17, 15) is 9.59 Å². The number of benzene rings is 2. The molecule has 0 radical (unpaired) electrons. The number of hydrogen-bond acceptors (Lipinski definition) is 3. The molecule has 0 saturated carbocycles. The van der Waals surface area contributed by atoms with Crippen molar-refractivity contribution in [2.75, 3.05) is 17.2 Å². The predicted molar refractivity (Wildman–Crippen MR) is 93.4 cm³/mol. The van der Waals surface area contributed by atoms with Gasteiger partial charge in [-0.05, 0) is 56.2 Å². The van der Waals surface area contributed by atoms with Crippen molar-refractivity contribution in [1.82, 2.24) is 0 Å². The SMILES string of the molecule is Cc1ccccc1OCC(=O)Nc1ccc2c(c1)C(C)(C)C(=O)N2. The molecule has 0 spiro atoms. The summed E-state index contributed by atoms with van der Waals surface area (Å²) in [5.41, 5.74) is 2.70. The second-order valence-corrected chi connectivity index (χ2v) is 6.44. The minimum Gasteiger partial charge on any atom is -0.483 e. The summed E-state index contributed by atoms with van der Waals surface area (Å²) >= 11 is 0. The fourth-order valence-electron chi connectivity index (χ4n) is 2.71. The van der Waals surface area contributed by atoms with E-state index in [-0.39, 0.29) is 18.4 Å². The van der Waals surface area contributed by atoms with Crippen molar-refractivity contribution >= 4 is 23.2 Å². The van der Waals surface area contributed by atoms with Gasteiger partial charge in [-0.15, -0.1) is 0 Å². The van der Waals surface area contributed by atoms with E-state index in [1.54, 1.807) is 12.1 Å². The molecule has 0 aromatic heterocycles. The van der Waals surface area contributed by atoms with E-state index < -0.39 is 5.41 Å². The highest BCUT2D eigenvalue weighted by Gasteiger charge is 2.38. The van der Waals surface area contributed by atoms with Gasteiger partial charge >= 0.3 is 0 Å². The third-order valence-corrected chi connectivity index (χ3v) is 4.24. The lowest BCUT2D eigenvalue weighted by molar-refractivity contribution is -0.120. The molecule has 2 aromatic carbocycles. The predicted octanol–water partition coefficient (Wildman–Crippen LogP) is 3.24. The quantitative estimate of drug-likeness (QED) is 0.907. The number of nitrogens with one attached hydrogen (secondary N) is 2. The summed E-state index contributed by atoms with van der Waals surface area (Å²) in [7, 11) is 0. The molecule has 3 rings (SSSR count). The maximum atomic E-state index is 12.1. The lowest BCUT2D eigenvalue weighted by Crippen LogP contribution is -2.27. The number of carbonyl (C=O) groups is 2. The van der Waals surface area contributed by atoms with E-state index in [1.807, 2.05) is 51.1 Å². The van der Waals surface area contributed by atoms with Crippen LogP contribution in [-0.4, -0.2) is 18.4 Å². The number of amides is 2. The Morgan fingerprint density at radius 3 is 2.71 bits per heavy atom. The van der Waals surface area contributed by atoms with Gasteiger partial charge in [-0.3, -0.25) is 9.59 Å². The lowest BCUT2D eigenvalue weighted by Gasteiger charge is -2.16. The largest absolute Gasteiger partial charge is 0.483 e. The van der Waals surface area contributed by atoms with Gasteiger partial charge < -0.3 is 15.4 Å². The molecular formula is C19H20N2O3. The van der Waals surface area contributed by atoms with Crippen molar-refractivity contribution in [1.29, 1.82) is 0 Å². The first-order chi connectivity index (χ1) is 11.4. The molecule has 0 bridgehead atoms. The van der Waals surface area contributed by atoms with Crippen LogP contribution in [-0.2, 0) is 15.0 Å². The average molecular weight is 324 g/mol. The van der Waals surface area contributed by atoms with Crippen LogP contribution in [0, 0.1) is 6.92 Å². The van der Waals surface area contributed by atoms with Crippen LogP contribution in [0.2, 0.25) is 0 Å². The highest BCUT2D eigenvalue weighted by atomic mass is 16.5. The summed E-state index contributed by atoms with van der Waals surface area (Å²) in [5, 5.41) is 5.66. The van der Waals surface area contributed by atoms with Crippen LogP contribution in [0.15, 0.2) is 42.5 Å². The standard InChI is InChI=1S/C19H20N2O3/c1-12-6-4-5-7-16(12)24-11-17(22)20-13-8-9-15-14(10-13)19(2,3)18(23)21-15/h4-10H,11H2,1-3H3,(H,20,22)(H,21,23). The van der Waals surface area contributed by atoms with Crippen LogP contribution in [0.5, 0.6) is 5.75 Å². The van der Waals surface area contributed by atoms with E-state index in [2.05, 4.69) is 10.6 Å². The Morgan fingerprint density at radius 1 is 1.21 bits per heavy atom. The molecule has 0 aliphatic carbocycles. The van der Waals surface area contributed by atoms with Crippen molar-refractivity contribution in [2.45, 2.75) is 26.2 Å². The molecule has 1 aliphatic heterocycles. The summed E-state index contributed by atoms with van der Waals surface area (Å²) in [6, 6.07) is 13.0. The smallest absolute Gasteiger partial charge is 0.262 e. The molecule has 5 heteroatoms. The van der Waals surface area contributed by atoms with Crippen LogP contribution in [0.4, 0.5) is 11.4 Å². The van der Waals surface area contributed by atoms with Crippen LogP contribution >= 0.6 is 0 Å². The molecule has 124 valence electrons. The number of ether oxygens (including phenoxy) is 1. The Morgan fingerprint density at radius 2 is 1.96 bits per heavy atom. The lowest BCUT2D eigenvalue weighted by atomic mass is 9.86. The Labute approximate surface area is 141 Å². The molecule has 1 aliphatic rings. The van der Waals surface area contributed by atoms with E-state index >= 15 is 0 Å². The molecule has 24 heavy (non-hydrogen) atoms. The summed E-state index contributed by atoms with van der Waals surface area (Å²) < 4.78 is 5.54. The van der Waals surface area contributed by atoms with Gasteiger partial charge in [0, 0.05) is 11.4 Å². The molecule has 2 aromatic rings. The molecule has 1 heterocycles. The first-order valence-electron chi connectivity index (χ1n) is 7.82. The third-order valence-electron chi connectivity index (χ3n) is 4.24. The fraction of sp³-hybridized carbons (Fsp3) is 0.263. The average Bonchev–Trinajstić information content (AvgIpc) is 2.77. The summed E-state index contributed by atoms with van der Waals surface area (Å²) in [5.74, 6) is 0.412. The Bertz CT molecular complexity index is 812. The van der Waals surface area contributed by atoms with Crippen molar-refractivity contribution < 1.29 is 14.3 Å². The zero-order chi connectivity index (χ0) is 17.3. The van der Waals surface area contributed by atoms with Gasteiger partial charge in [-0.2, -0.15) is 0 Å². The van der Waals surface area contributed by atoms with E-state index in [1.165, 1.54) is 0 Å². The maximum Gasteiger partial charge on any atom is 0.262 e. The molecule has 0 saturated heterocycles. The Balaban J connectivity index is 1.67. The molecule has 0 fully saturated rings. The third kappa shape index (κ3) is 2.97. The van der Waals surface area contributed by atoms with Crippen LogP contribution in [0.1, 0.15) is 25.0 Å². The second kappa shape index (κ2) is 6.00. The van der Waals surface area contributed by atoms with Gasteiger partial charge in [-0.25, -0.2) is 0 Å². The van der Waals surface area contributed by atoms with Gasteiger partial charge in [0.05, 0.1) is 5.41 Å². The number of carbonyl (C=O) groups excluding carboxylic acids is 2. The monoisotopic (exact) mass is 324 g/mol. The zero-order valence-electron chi connectivity index (χ0n) is 14.0. The molecule has 2 amide bonds. The van der Waals surface area contributed by atoms with Crippen molar-refractivity contribution in [2.24, 2.45) is 0 Å². The second-order valence-electron chi connectivity index (χ2n) is 6.44. The van der Waals surface area contributed by atoms with Gasteiger partial charge in [0.2, 0.25) is 5.91 Å². The minimum atomic E-state index is -0.603. The fourth-order valence-corrected chi connectivity index (χ4v) is 2.71. The first-order valence-corrected chi connectivity index (χ1v) is 7.82. The minimum absolute atomic E-state index is 0.0381. The number of hydrogen-bond donors (Lipinski definition) is 2. The van der Waals surface area contributed by atoms with Crippen molar-refractivity contribution in [3.63, 3.8) is 0 Å². The highest BCUT2D eigenvalue weighted by Crippen LogP contribution is 2.38. The molecule has 2 N–H and O–H groups in total. The molecule has 5 nitrogen and oxygen atoms in total. The highest BCUT2D eigenvalue weighted by molar-refractivity contribution is 6.06. The van der Waals surface area contributed by atoms with Gasteiger partial charge in [-0.1, -0.05) is 18.2 Å². The van der Waals surface area contributed by atoms with Crippen LogP contribution < -0.4 is 15.4 Å². The summed E-state index contributed by atoms with van der Waals surface area (Å²) in [6.45, 7) is 5.59. The molecular weight excluding hydrogens is 304 g/mol. The first kappa shape index (κ1) is 16.1. The number of rotatable bonds is 4. The zero-order valence-corrected chi connectivity index (χ0v) is 14.0. The normalized spacial score (nSPS) is 14.7. The van der Waals surface area contributed by atoms with Crippen molar-refractivity contribution in [3.05, 3.63) is 53.6 Å². The summed E-state index contributed by atoms with van der Waals surface area (Å²) in [6.07, 6.45) is 0. The van der Waals surface area contributed by atoms with Crippen LogP contribution in [0.3, 0.4) is 0 Å². The molecule has 0 unspecified atom stereocenters. The van der Waals surface area contributed by atoms with Gasteiger partial charge in [0.15, 0.2) is 6.61 Å². The maximum absolute atomic E-state index is 12.1. The van der Waals surface area contributed by atoms with Gasteiger partial charge in [0.25, 0.3) is 5.91 Å². The Kier molecular flexibility index (Phi) is 4.01. The number of para-hydroxylation sites is 1. The molecule has 0 atom stereocenters. The number of anilines is 2.